The minimum absolute atomic E-state index is 0.0761. The third-order valence-corrected chi connectivity index (χ3v) is 2.35. The van der Waals surface area contributed by atoms with Crippen LogP contribution in [0.2, 0.25) is 0 Å². The van der Waals surface area contributed by atoms with Crippen LogP contribution in [0, 0.1) is 11.8 Å². The Kier molecular flexibility index (Phi) is 6.96. The number of carbonyl (C=O) groups excluding carboxylic acids is 1. The number of carboxylic acid groups (broad SMARTS) is 2. The molecular formula is C11H20N2O5. The van der Waals surface area contributed by atoms with Crippen molar-refractivity contribution in [3.05, 3.63) is 0 Å². The summed E-state index contributed by atoms with van der Waals surface area (Å²) in [7, 11) is 0. The van der Waals surface area contributed by atoms with E-state index in [4.69, 9.17) is 15.9 Å². The molecule has 0 radical (unpaired) electrons. The number of amides is 1. The molecule has 1 unspecified atom stereocenters. The van der Waals surface area contributed by atoms with Crippen LogP contribution < -0.4 is 5.73 Å². The average molecular weight is 260 g/mol. The van der Waals surface area contributed by atoms with E-state index in [1.807, 2.05) is 13.8 Å². The van der Waals surface area contributed by atoms with E-state index >= 15 is 0 Å². The van der Waals surface area contributed by atoms with Gasteiger partial charge in [0.05, 0.1) is 5.92 Å². The van der Waals surface area contributed by atoms with Crippen LogP contribution in [0.25, 0.3) is 0 Å². The number of carboxylic acids is 2. The maximum Gasteiger partial charge on any atom is 0.323 e. The first kappa shape index (κ1) is 16.4. The highest BCUT2D eigenvalue weighted by atomic mass is 16.4. The van der Waals surface area contributed by atoms with Crippen molar-refractivity contribution in [2.24, 2.45) is 17.6 Å². The highest BCUT2D eigenvalue weighted by Gasteiger charge is 2.26. The second-order valence-corrected chi connectivity index (χ2v) is 4.54. The largest absolute Gasteiger partial charge is 0.480 e. The predicted molar refractivity (Wildman–Crippen MR) is 63.9 cm³/mol. The molecule has 4 N–H and O–H groups in total. The summed E-state index contributed by atoms with van der Waals surface area (Å²) in [5, 5.41) is 17.3. The number of hydrogen-bond acceptors (Lipinski definition) is 4. The minimum Gasteiger partial charge on any atom is -0.480 e. The Morgan fingerprint density at radius 3 is 1.83 bits per heavy atom. The van der Waals surface area contributed by atoms with Crippen molar-refractivity contribution >= 4 is 17.8 Å². The molecule has 0 aliphatic carbocycles. The van der Waals surface area contributed by atoms with Crippen LogP contribution in [0.1, 0.15) is 20.3 Å². The molecule has 0 aromatic rings. The van der Waals surface area contributed by atoms with Crippen LogP contribution in [0.4, 0.5) is 0 Å². The molecule has 0 spiro atoms. The van der Waals surface area contributed by atoms with Crippen LogP contribution in [0.15, 0.2) is 0 Å². The molecule has 0 rings (SSSR count). The Hall–Kier alpha value is -1.63. The van der Waals surface area contributed by atoms with E-state index in [0.29, 0.717) is 6.42 Å². The summed E-state index contributed by atoms with van der Waals surface area (Å²) in [5.41, 5.74) is 5.48. The molecule has 0 saturated heterocycles. The highest BCUT2D eigenvalue weighted by molar-refractivity contribution is 5.86. The average Bonchev–Trinajstić information content (AvgIpc) is 2.22. The lowest BCUT2D eigenvalue weighted by Gasteiger charge is -2.24. The van der Waals surface area contributed by atoms with E-state index < -0.39 is 36.9 Å². The maximum absolute atomic E-state index is 12.0. The van der Waals surface area contributed by atoms with E-state index in [1.165, 1.54) is 0 Å². The molecule has 1 amide bonds. The molecule has 0 heterocycles. The van der Waals surface area contributed by atoms with Gasteiger partial charge in [-0.05, 0) is 12.3 Å². The fourth-order valence-electron chi connectivity index (χ4n) is 1.66. The Balaban J connectivity index is 4.78. The van der Waals surface area contributed by atoms with Gasteiger partial charge in [-0.1, -0.05) is 13.8 Å². The molecule has 7 nitrogen and oxygen atoms in total. The quantitative estimate of drug-likeness (QED) is 0.546. The first-order chi connectivity index (χ1) is 8.27. The first-order valence-electron chi connectivity index (χ1n) is 5.70. The zero-order valence-electron chi connectivity index (χ0n) is 10.6. The topological polar surface area (TPSA) is 121 Å². The van der Waals surface area contributed by atoms with E-state index in [1.54, 1.807) is 0 Å². The zero-order chi connectivity index (χ0) is 14.3. The third kappa shape index (κ3) is 6.19. The number of nitrogens with zero attached hydrogens (tertiary/aromatic N) is 1. The van der Waals surface area contributed by atoms with Crippen LogP contribution in [-0.2, 0) is 14.4 Å². The molecule has 0 fully saturated rings. The van der Waals surface area contributed by atoms with Crippen molar-refractivity contribution in [2.45, 2.75) is 20.3 Å². The smallest absolute Gasteiger partial charge is 0.323 e. The Morgan fingerprint density at radius 2 is 1.56 bits per heavy atom. The second-order valence-electron chi connectivity index (χ2n) is 4.54. The van der Waals surface area contributed by atoms with Gasteiger partial charge in [-0.3, -0.25) is 14.4 Å². The molecule has 1 atom stereocenters. The van der Waals surface area contributed by atoms with E-state index in [-0.39, 0.29) is 12.5 Å². The number of rotatable bonds is 8. The fraction of sp³-hybridized carbons (Fsp3) is 0.727. The molecule has 104 valence electrons. The molecule has 0 saturated carbocycles. The molecule has 7 heteroatoms. The molecule has 0 aromatic carbocycles. The van der Waals surface area contributed by atoms with E-state index in [0.717, 1.165) is 4.90 Å². The summed E-state index contributed by atoms with van der Waals surface area (Å²) in [4.78, 5) is 34.0. The Labute approximate surface area is 106 Å². The molecule has 0 aliphatic rings. The normalized spacial score (nSPS) is 12.2. The molecular weight excluding hydrogens is 240 g/mol. The van der Waals surface area contributed by atoms with Gasteiger partial charge >= 0.3 is 11.9 Å². The van der Waals surface area contributed by atoms with Crippen molar-refractivity contribution in [1.82, 2.24) is 4.90 Å². The van der Waals surface area contributed by atoms with Crippen molar-refractivity contribution in [3.8, 4) is 0 Å². The lowest BCUT2D eigenvalue weighted by atomic mass is 9.96. The SMILES string of the molecule is CC(C)CC(CN)C(=O)N(CC(=O)O)CC(=O)O. The van der Waals surface area contributed by atoms with Gasteiger partial charge < -0.3 is 20.8 Å². The van der Waals surface area contributed by atoms with Gasteiger partial charge in [-0.2, -0.15) is 0 Å². The summed E-state index contributed by atoms with van der Waals surface area (Å²) < 4.78 is 0. The van der Waals surface area contributed by atoms with Crippen molar-refractivity contribution in [2.75, 3.05) is 19.6 Å². The fourth-order valence-corrected chi connectivity index (χ4v) is 1.66. The standard InChI is InChI=1S/C11H20N2O5/c1-7(2)3-8(4-12)11(18)13(5-9(14)15)6-10(16)17/h7-8H,3-6,12H2,1-2H3,(H,14,15)(H,16,17). The van der Waals surface area contributed by atoms with Gasteiger partial charge in [0.1, 0.15) is 13.1 Å². The van der Waals surface area contributed by atoms with Crippen LogP contribution in [0.3, 0.4) is 0 Å². The van der Waals surface area contributed by atoms with E-state index in [9.17, 15) is 14.4 Å². The minimum atomic E-state index is -1.25. The number of nitrogens with two attached hydrogens (primary N) is 1. The van der Waals surface area contributed by atoms with Crippen LogP contribution in [-0.4, -0.2) is 52.6 Å². The van der Waals surface area contributed by atoms with Crippen molar-refractivity contribution < 1.29 is 24.6 Å². The molecule has 18 heavy (non-hydrogen) atoms. The summed E-state index contributed by atoms with van der Waals surface area (Å²) in [5.74, 6) is -3.33. The van der Waals surface area contributed by atoms with Gasteiger partial charge in [0.15, 0.2) is 0 Å². The third-order valence-electron chi connectivity index (χ3n) is 2.35. The van der Waals surface area contributed by atoms with Gasteiger partial charge in [0, 0.05) is 6.54 Å². The van der Waals surface area contributed by atoms with Gasteiger partial charge in [0.25, 0.3) is 0 Å². The Morgan fingerprint density at radius 1 is 1.11 bits per heavy atom. The lowest BCUT2D eigenvalue weighted by molar-refractivity contribution is -0.151. The van der Waals surface area contributed by atoms with E-state index in [2.05, 4.69) is 0 Å². The lowest BCUT2D eigenvalue weighted by Crippen LogP contribution is -2.44. The first-order valence-corrected chi connectivity index (χ1v) is 5.70. The van der Waals surface area contributed by atoms with Gasteiger partial charge in [0.2, 0.25) is 5.91 Å². The number of hydrogen-bond donors (Lipinski definition) is 3. The zero-order valence-corrected chi connectivity index (χ0v) is 10.6. The molecule has 0 aromatic heterocycles. The number of aliphatic carboxylic acids is 2. The van der Waals surface area contributed by atoms with Gasteiger partial charge in [-0.15, -0.1) is 0 Å². The van der Waals surface area contributed by atoms with Gasteiger partial charge in [-0.25, -0.2) is 0 Å². The summed E-state index contributed by atoms with van der Waals surface area (Å²) in [6.07, 6.45) is 0.505. The highest BCUT2D eigenvalue weighted by Crippen LogP contribution is 2.13. The maximum atomic E-state index is 12.0. The molecule has 0 bridgehead atoms. The second kappa shape index (κ2) is 7.65. The monoisotopic (exact) mass is 260 g/mol. The Bertz CT molecular complexity index is 301. The van der Waals surface area contributed by atoms with Crippen LogP contribution in [0.5, 0.6) is 0 Å². The van der Waals surface area contributed by atoms with Crippen LogP contribution >= 0.6 is 0 Å². The van der Waals surface area contributed by atoms with Crippen molar-refractivity contribution in [3.63, 3.8) is 0 Å². The number of carbonyl (C=O) groups is 3. The van der Waals surface area contributed by atoms with Crippen molar-refractivity contribution in [1.29, 1.82) is 0 Å². The molecule has 0 aliphatic heterocycles. The predicted octanol–water partition coefficient (Wildman–Crippen LogP) is -0.395. The summed E-state index contributed by atoms with van der Waals surface area (Å²) in [6.45, 7) is 2.65. The summed E-state index contributed by atoms with van der Waals surface area (Å²) in [6, 6.07) is 0. The summed E-state index contributed by atoms with van der Waals surface area (Å²) >= 11 is 0.